The lowest BCUT2D eigenvalue weighted by atomic mass is 10.1. The van der Waals surface area contributed by atoms with Crippen molar-refractivity contribution in [1.29, 1.82) is 0 Å². The number of benzene rings is 2. The number of carbonyl (C=O) groups is 7. The van der Waals surface area contributed by atoms with E-state index in [0.717, 1.165) is 16.1 Å². The fraction of sp³-hybridized carbons (Fsp3) is 0.441. The molecule has 10 heteroatoms. The van der Waals surface area contributed by atoms with Gasteiger partial charge < -0.3 is 9.53 Å². The summed E-state index contributed by atoms with van der Waals surface area (Å²) in [5.41, 5.74) is 1.35. The van der Waals surface area contributed by atoms with E-state index in [1.807, 2.05) is 55.4 Å². The number of nitrogens with zero attached hydrogens (tertiary/aromatic N) is 2. The molecule has 2 aliphatic rings. The zero-order valence-corrected chi connectivity index (χ0v) is 26.7. The van der Waals surface area contributed by atoms with Crippen LogP contribution in [0.2, 0.25) is 0 Å². The summed E-state index contributed by atoms with van der Waals surface area (Å²) in [4.78, 5) is 83.9. The topological polar surface area (TPSA) is 135 Å². The Kier molecular flexibility index (Phi) is 12.9. The maximum absolute atomic E-state index is 12.5. The molecule has 0 bridgehead atoms. The molecular weight excluding hydrogens is 564 g/mol. The van der Waals surface area contributed by atoms with E-state index in [-0.39, 0.29) is 36.5 Å². The molecular formula is C34H42N2O8. The van der Waals surface area contributed by atoms with Gasteiger partial charge in [-0.3, -0.25) is 28.8 Å². The number of ether oxygens (including phenoxy) is 1. The van der Waals surface area contributed by atoms with Gasteiger partial charge in [-0.05, 0) is 36.1 Å². The Bertz CT molecular complexity index is 1340. The molecule has 1 unspecified atom stereocenters. The van der Waals surface area contributed by atoms with E-state index in [0.29, 0.717) is 22.3 Å². The molecule has 10 nitrogen and oxygen atoms in total. The SMILES string of the molecule is CC(C)C=O.CC(C)CC(=O)N1C(=O)c2ccccc2C1=O.CC(C)CC(=O)OC(C(C)C)N1C(=O)c2ccccc2C1=O. The number of hydrogen-bond acceptors (Lipinski definition) is 8. The van der Waals surface area contributed by atoms with Crippen LogP contribution in [0.5, 0.6) is 0 Å². The molecule has 2 aromatic rings. The van der Waals surface area contributed by atoms with Crippen LogP contribution in [0.15, 0.2) is 48.5 Å². The van der Waals surface area contributed by atoms with Crippen LogP contribution >= 0.6 is 0 Å². The summed E-state index contributed by atoms with van der Waals surface area (Å²) in [6, 6.07) is 13.1. The number of fused-ring (bicyclic) bond motifs is 2. The highest BCUT2D eigenvalue weighted by molar-refractivity contribution is 6.28. The van der Waals surface area contributed by atoms with Gasteiger partial charge in [0, 0.05) is 24.7 Å². The highest BCUT2D eigenvalue weighted by atomic mass is 16.6. The Morgan fingerprint density at radius 3 is 1.34 bits per heavy atom. The van der Waals surface area contributed by atoms with Crippen molar-refractivity contribution in [3.05, 3.63) is 70.8 Å². The standard InChI is InChI=1S/C17H21NO4.C13H13NO3.C4H8O/c1-10(2)9-14(19)22-17(11(3)4)18-15(20)12-7-5-6-8-13(12)16(18)21;1-8(2)7-11(15)14-12(16)9-5-3-4-6-10(9)13(14)17;1-4(2)3-5/h5-8,10-11,17H,9H2,1-4H3;3-6,8H,7H2,1-2H3;3-4H,1-2H3. The van der Waals surface area contributed by atoms with Crippen molar-refractivity contribution in [2.24, 2.45) is 23.7 Å². The van der Waals surface area contributed by atoms with Crippen molar-refractivity contribution in [1.82, 2.24) is 9.80 Å². The van der Waals surface area contributed by atoms with Gasteiger partial charge in [-0.15, -0.1) is 0 Å². The summed E-state index contributed by atoms with van der Waals surface area (Å²) in [7, 11) is 0. The highest BCUT2D eigenvalue weighted by Crippen LogP contribution is 2.28. The molecule has 5 amide bonds. The summed E-state index contributed by atoms with van der Waals surface area (Å²) in [6.07, 6.45) is 0.497. The third-order valence-corrected chi connectivity index (χ3v) is 6.38. The summed E-state index contributed by atoms with van der Waals surface area (Å²) in [5, 5.41) is 0. The molecule has 0 saturated heterocycles. The summed E-state index contributed by atoms with van der Waals surface area (Å²) >= 11 is 0. The van der Waals surface area contributed by atoms with Gasteiger partial charge in [0.05, 0.1) is 22.3 Å². The van der Waals surface area contributed by atoms with Gasteiger partial charge in [-0.2, -0.15) is 0 Å². The van der Waals surface area contributed by atoms with E-state index in [1.165, 1.54) is 0 Å². The number of amides is 5. The van der Waals surface area contributed by atoms with Gasteiger partial charge in [-0.25, -0.2) is 9.80 Å². The lowest BCUT2D eigenvalue weighted by molar-refractivity contribution is -0.159. The van der Waals surface area contributed by atoms with E-state index in [1.54, 1.807) is 48.5 Å². The molecule has 0 aliphatic carbocycles. The van der Waals surface area contributed by atoms with Crippen molar-refractivity contribution in [2.45, 2.75) is 74.5 Å². The van der Waals surface area contributed by atoms with Crippen LogP contribution in [0.25, 0.3) is 0 Å². The molecule has 2 aromatic carbocycles. The van der Waals surface area contributed by atoms with Crippen LogP contribution < -0.4 is 0 Å². The van der Waals surface area contributed by atoms with Crippen LogP contribution in [-0.2, 0) is 19.1 Å². The first-order valence-electron chi connectivity index (χ1n) is 14.7. The average molecular weight is 607 g/mol. The third-order valence-electron chi connectivity index (χ3n) is 6.38. The van der Waals surface area contributed by atoms with E-state index < -0.39 is 41.7 Å². The molecule has 0 fully saturated rings. The van der Waals surface area contributed by atoms with Crippen molar-refractivity contribution in [2.75, 3.05) is 0 Å². The minimum atomic E-state index is -0.876. The first-order valence-corrected chi connectivity index (χ1v) is 14.7. The number of carbonyl (C=O) groups excluding carboxylic acids is 7. The van der Waals surface area contributed by atoms with Crippen molar-refractivity contribution in [3.63, 3.8) is 0 Å². The van der Waals surface area contributed by atoms with E-state index in [9.17, 15) is 33.6 Å². The fourth-order valence-electron chi connectivity index (χ4n) is 4.30. The van der Waals surface area contributed by atoms with Crippen LogP contribution in [0.1, 0.15) is 110 Å². The first-order chi connectivity index (χ1) is 20.6. The molecule has 2 aliphatic heterocycles. The summed E-state index contributed by atoms with van der Waals surface area (Å²) in [6.45, 7) is 14.9. The largest absolute Gasteiger partial charge is 0.441 e. The van der Waals surface area contributed by atoms with Gasteiger partial charge in [0.15, 0.2) is 6.23 Å². The Labute approximate surface area is 258 Å². The molecule has 0 saturated carbocycles. The molecule has 0 aromatic heterocycles. The molecule has 236 valence electrons. The van der Waals surface area contributed by atoms with Gasteiger partial charge in [0.1, 0.15) is 6.29 Å². The number of hydrogen-bond donors (Lipinski definition) is 0. The molecule has 2 heterocycles. The van der Waals surface area contributed by atoms with E-state index in [2.05, 4.69) is 0 Å². The Balaban J connectivity index is 0.000000272. The predicted molar refractivity (Wildman–Crippen MR) is 163 cm³/mol. The molecule has 0 spiro atoms. The second-order valence-corrected chi connectivity index (χ2v) is 12.1. The second-order valence-electron chi connectivity index (χ2n) is 12.1. The van der Waals surface area contributed by atoms with Gasteiger partial charge in [0.25, 0.3) is 23.6 Å². The van der Waals surface area contributed by atoms with Crippen LogP contribution in [0, 0.1) is 23.7 Å². The maximum atomic E-state index is 12.5. The molecule has 44 heavy (non-hydrogen) atoms. The van der Waals surface area contributed by atoms with Crippen LogP contribution in [0.4, 0.5) is 0 Å². The van der Waals surface area contributed by atoms with Crippen molar-refractivity contribution in [3.8, 4) is 0 Å². The monoisotopic (exact) mass is 606 g/mol. The maximum Gasteiger partial charge on any atom is 0.307 e. The summed E-state index contributed by atoms with van der Waals surface area (Å²) in [5.74, 6) is -2.35. The van der Waals surface area contributed by atoms with Gasteiger partial charge >= 0.3 is 5.97 Å². The molecule has 0 N–H and O–H groups in total. The summed E-state index contributed by atoms with van der Waals surface area (Å²) < 4.78 is 5.42. The van der Waals surface area contributed by atoms with Gasteiger partial charge in [0.2, 0.25) is 5.91 Å². The molecule has 4 rings (SSSR count). The van der Waals surface area contributed by atoms with Crippen molar-refractivity contribution >= 4 is 41.8 Å². The lowest BCUT2D eigenvalue weighted by Crippen LogP contribution is -2.45. The number of imide groups is 4. The Hall–Kier alpha value is -4.47. The van der Waals surface area contributed by atoms with E-state index >= 15 is 0 Å². The average Bonchev–Trinajstić information content (AvgIpc) is 3.36. The minimum absolute atomic E-state index is 0.117. The second kappa shape index (κ2) is 15.8. The zero-order valence-electron chi connectivity index (χ0n) is 26.7. The minimum Gasteiger partial charge on any atom is -0.441 e. The quantitative estimate of drug-likeness (QED) is 0.217. The first kappa shape index (κ1) is 35.7. The van der Waals surface area contributed by atoms with E-state index in [4.69, 9.17) is 4.74 Å². The van der Waals surface area contributed by atoms with Gasteiger partial charge in [-0.1, -0.05) is 79.7 Å². The Morgan fingerprint density at radius 2 is 1.02 bits per heavy atom. The zero-order chi connectivity index (χ0) is 33.3. The van der Waals surface area contributed by atoms with Crippen LogP contribution in [0.3, 0.4) is 0 Å². The number of aldehydes is 1. The van der Waals surface area contributed by atoms with Crippen molar-refractivity contribution < 1.29 is 38.3 Å². The number of esters is 1. The highest BCUT2D eigenvalue weighted by Gasteiger charge is 2.43. The Morgan fingerprint density at radius 1 is 0.659 bits per heavy atom. The predicted octanol–water partition coefficient (Wildman–Crippen LogP) is 5.55. The number of rotatable bonds is 8. The fourth-order valence-corrected chi connectivity index (χ4v) is 4.30. The third kappa shape index (κ3) is 8.78. The smallest absolute Gasteiger partial charge is 0.307 e. The van der Waals surface area contributed by atoms with Crippen LogP contribution in [-0.4, -0.2) is 57.8 Å². The lowest BCUT2D eigenvalue weighted by Gasteiger charge is -2.29. The molecule has 0 radical (unpaired) electrons. The molecule has 1 atom stereocenters. The normalized spacial score (nSPS) is 14.3.